The summed E-state index contributed by atoms with van der Waals surface area (Å²) in [5, 5.41) is 2.41. The molecule has 0 radical (unpaired) electrons. The number of primary amides is 1. The van der Waals surface area contributed by atoms with Gasteiger partial charge in [0.1, 0.15) is 5.70 Å². The van der Waals surface area contributed by atoms with Crippen LogP contribution < -0.4 is 11.1 Å². The lowest BCUT2D eigenvalue weighted by molar-refractivity contribution is -0.125. The molecule has 4 heteroatoms. The molecule has 0 saturated heterocycles. The summed E-state index contributed by atoms with van der Waals surface area (Å²) in [5.41, 5.74) is 5.12. The molecule has 0 spiro atoms. The molecule has 0 aliphatic heterocycles. The first-order chi connectivity index (χ1) is 5.49. The van der Waals surface area contributed by atoms with E-state index in [0.717, 1.165) is 0 Å². The van der Waals surface area contributed by atoms with E-state index in [9.17, 15) is 9.59 Å². The summed E-state index contributed by atoms with van der Waals surface area (Å²) < 4.78 is 0. The Kier molecular flexibility index (Phi) is 4.04. The van der Waals surface area contributed by atoms with Gasteiger partial charge in [-0.3, -0.25) is 9.59 Å². The summed E-state index contributed by atoms with van der Waals surface area (Å²) in [7, 11) is 0. The van der Waals surface area contributed by atoms with Gasteiger partial charge in [0.15, 0.2) is 0 Å². The molecule has 3 N–H and O–H groups in total. The lowest BCUT2D eigenvalue weighted by Crippen LogP contribution is -2.33. The zero-order valence-corrected chi connectivity index (χ0v) is 7.55. The van der Waals surface area contributed by atoms with Crippen LogP contribution in [0.25, 0.3) is 0 Å². The van der Waals surface area contributed by atoms with Crippen LogP contribution in [0.4, 0.5) is 0 Å². The van der Waals surface area contributed by atoms with Crippen molar-refractivity contribution < 1.29 is 9.59 Å². The average Bonchev–Trinajstić information content (AvgIpc) is 1.98. The molecule has 0 heterocycles. The van der Waals surface area contributed by atoms with Crippen molar-refractivity contribution in [2.75, 3.05) is 0 Å². The second-order valence-electron chi connectivity index (χ2n) is 2.71. The summed E-state index contributed by atoms with van der Waals surface area (Å²) in [6, 6.07) is 0. The molecule has 0 aromatic heterocycles. The van der Waals surface area contributed by atoms with E-state index in [1.807, 2.05) is 0 Å². The molecule has 0 atom stereocenters. The number of carbonyl (C=O) groups excluding carboxylic acids is 2. The van der Waals surface area contributed by atoms with Gasteiger partial charge in [-0.15, -0.1) is 0 Å². The van der Waals surface area contributed by atoms with Crippen molar-refractivity contribution in [1.82, 2.24) is 5.32 Å². The third-order valence-electron chi connectivity index (χ3n) is 1.34. The van der Waals surface area contributed by atoms with E-state index in [1.165, 1.54) is 6.08 Å². The molecular weight excluding hydrogens is 156 g/mol. The summed E-state index contributed by atoms with van der Waals surface area (Å²) in [5.74, 6) is -0.979. The number of allylic oxidation sites excluding steroid dienone is 1. The van der Waals surface area contributed by atoms with E-state index in [2.05, 4.69) is 5.32 Å². The van der Waals surface area contributed by atoms with Crippen LogP contribution in [0.15, 0.2) is 11.8 Å². The third-order valence-corrected chi connectivity index (χ3v) is 1.34. The molecule has 2 amide bonds. The van der Waals surface area contributed by atoms with Gasteiger partial charge in [-0.2, -0.15) is 0 Å². The fraction of sp³-hybridized carbons (Fsp3) is 0.500. The number of hydrogen-bond donors (Lipinski definition) is 2. The molecule has 0 aromatic rings. The Labute approximate surface area is 71.8 Å². The predicted octanol–water partition coefficient (Wildman–Crippen LogP) is 0.148. The van der Waals surface area contributed by atoms with Crippen LogP contribution in [0.3, 0.4) is 0 Å². The minimum Gasteiger partial charge on any atom is -0.364 e. The lowest BCUT2D eigenvalue weighted by atomic mass is 10.2. The molecule has 0 bridgehead atoms. The standard InChI is InChI=1S/C8H14N2O2/c1-4-6(7(9)11)10-8(12)5(2)3/h4-5H,1-3H3,(H2,9,11)(H,10,12)/b6-4-. The molecule has 68 valence electrons. The largest absolute Gasteiger partial charge is 0.364 e. The average molecular weight is 170 g/mol. The van der Waals surface area contributed by atoms with Crippen molar-refractivity contribution in [2.45, 2.75) is 20.8 Å². The van der Waals surface area contributed by atoms with Crippen LogP contribution in [0.1, 0.15) is 20.8 Å². The number of hydrogen-bond acceptors (Lipinski definition) is 2. The molecule has 0 aromatic carbocycles. The maximum Gasteiger partial charge on any atom is 0.264 e. The van der Waals surface area contributed by atoms with Gasteiger partial charge in [0.05, 0.1) is 0 Å². The van der Waals surface area contributed by atoms with Gasteiger partial charge in [0, 0.05) is 5.92 Å². The van der Waals surface area contributed by atoms with Crippen LogP contribution in [0.2, 0.25) is 0 Å². The maximum absolute atomic E-state index is 11.1. The van der Waals surface area contributed by atoms with Gasteiger partial charge in [-0.05, 0) is 6.92 Å². The van der Waals surface area contributed by atoms with E-state index in [1.54, 1.807) is 20.8 Å². The number of carbonyl (C=O) groups is 2. The SMILES string of the molecule is C/C=C(\NC(=O)C(C)C)C(N)=O. The van der Waals surface area contributed by atoms with Crippen molar-refractivity contribution in [3.05, 3.63) is 11.8 Å². The molecule has 12 heavy (non-hydrogen) atoms. The molecule has 0 aliphatic rings. The Morgan fingerprint density at radius 2 is 1.92 bits per heavy atom. The van der Waals surface area contributed by atoms with E-state index in [0.29, 0.717) is 0 Å². The first-order valence-electron chi connectivity index (χ1n) is 3.76. The third kappa shape index (κ3) is 3.18. The van der Waals surface area contributed by atoms with Crippen molar-refractivity contribution in [1.29, 1.82) is 0 Å². The smallest absolute Gasteiger partial charge is 0.264 e. The van der Waals surface area contributed by atoms with Crippen molar-refractivity contribution in [3.8, 4) is 0 Å². The molecule has 0 aliphatic carbocycles. The molecule has 0 fully saturated rings. The van der Waals surface area contributed by atoms with Gasteiger partial charge >= 0.3 is 0 Å². The normalized spacial score (nSPS) is 11.5. The Bertz CT molecular complexity index is 219. The van der Waals surface area contributed by atoms with Crippen LogP contribution >= 0.6 is 0 Å². The Morgan fingerprint density at radius 3 is 2.17 bits per heavy atom. The molecule has 0 unspecified atom stereocenters. The Hall–Kier alpha value is -1.32. The first kappa shape index (κ1) is 10.7. The topological polar surface area (TPSA) is 72.2 Å². The summed E-state index contributed by atoms with van der Waals surface area (Å²) >= 11 is 0. The van der Waals surface area contributed by atoms with Crippen LogP contribution in [0.5, 0.6) is 0 Å². The monoisotopic (exact) mass is 170 g/mol. The zero-order valence-electron chi connectivity index (χ0n) is 7.55. The minimum absolute atomic E-state index is 0.147. The maximum atomic E-state index is 11.1. The molecule has 0 saturated carbocycles. The highest BCUT2D eigenvalue weighted by molar-refractivity contribution is 5.96. The number of nitrogens with one attached hydrogen (secondary N) is 1. The molecule has 0 rings (SSSR count). The second-order valence-corrected chi connectivity index (χ2v) is 2.71. The van der Waals surface area contributed by atoms with E-state index >= 15 is 0 Å². The quantitative estimate of drug-likeness (QED) is 0.592. The fourth-order valence-corrected chi connectivity index (χ4v) is 0.553. The summed E-state index contributed by atoms with van der Waals surface area (Å²) in [6.45, 7) is 5.12. The van der Waals surface area contributed by atoms with Gasteiger partial charge in [0.2, 0.25) is 5.91 Å². The van der Waals surface area contributed by atoms with Gasteiger partial charge in [-0.1, -0.05) is 19.9 Å². The van der Waals surface area contributed by atoms with E-state index in [4.69, 9.17) is 5.73 Å². The summed E-state index contributed by atoms with van der Waals surface area (Å²) in [6.07, 6.45) is 1.47. The highest BCUT2D eigenvalue weighted by Crippen LogP contribution is 1.94. The molecular formula is C8H14N2O2. The first-order valence-corrected chi connectivity index (χ1v) is 3.76. The number of amides is 2. The van der Waals surface area contributed by atoms with Gasteiger partial charge in [0.25, 0.3) is 5.91 Å². The van der Waals surface area contributed by atoms with Crippen molar-refractivity contribution in [2.24, 2.45) is 11.7 Å². The van der Waals surface area contributed by atoms with E-state index in [-0.39, 0.29) is 17.5 Å². The van der Waals surface area contributed by atoms with Crippen molar-refractivity contribution in [3.63, 3.8) is 0 Å². The fourth-order valence-electron chi connectivity index (χ4n) is 0.553. The second kappa shape index (κ2) is 4.54. The number of nitrogens with two attached hydrogens (primary N) is 1. The zero-order chi connectivity index (χ0) is 9.72. The Balaban J connectivity index is 4.24. The minimum atomic E-state index is -0.619. The molecule has 4 nitrogen and oxygen atoms in total. The summed E-state index contributed by atoms with van der Waals surface area (Å²) in [4.78, 5) is 21.7. The van der Waals surface area contributed by atoms with Crippen LogP contribution in [-0.4, -0.2) is 11.8 Å². The highest BCUT2D eigenvalue weighted by atomic mass is 16.2. The van der Waals surface area contributed by atoms with Gasteiger partial charge in [-0.25, -0.2) is 0 Å². The number of rotatable bonds is 3. The van der Waals surface area contributed by atoms with Gasteiger partial charge < -0.3 is 11.1 Å². The van der Waals surface area contributed by atoms with Crippen LogP contribution in [0, 0.1) is 5.92 Å². The van der Waals surface area contributed by atoms with Crippen LogP contribution in [-0.2, 0) is 9.59 Å². The van der Waals surface area contributed by atoms with Crippen molar-refractivity contribution >= 4 is 11.8 Å². The predicted molar refractivity (Wildman–Crippen MR) is 45.9 cm³/mol. The highest BCUT2D eigenvalue weighted by Gasteiger charge is 2.10. The lowest BCUT2D eigenvalue weighted by Gasteiger charge is -2.07. The Morgan fingerprint density at radius 1 is 1.42 bits per heavy atom. The van der Waals surface area contributed by atoms with E-state index < -0.39 is 5.91 Å².